The molecule has 4 atom stereocenters. The Kier molecular flexibility index (Phi) is 2.41. The van der Waals surface area contributed by atoms with Crippen LogP contribution in [-0.4, -0.2) is 26.2 Å². The van der Waals surface area contributed by atoms with E-state index in [4.69, 9.17) is 9.47 Å². The second kappa shape index (κ2) is 3.96. The number of ether oxygens (including phenoxy) is 2. The lowest BCUT2D eigenvalue weighted by Gasteiger charge is -2.26. The van der Waals surface area contributed by atoms with Gasteiger partial charge >= 0.3 is 11.9 Å². The van der Waals surface area contributed by atoms with Crippen molar-refractivity contribution in [1.29, 1.82) is 0 Å². The van der Waals surface area contributed by atoms with Crippen molar-refractivity contribution in [3.8, 4) is 0 Å². The highest BCUT2D eigenvalue weighted by Gasteiger charge is 2.57. The number of fused-ring (bicyclic) bond motifs is 8. The minimum atomic E-state index is -0.354. The Balaban J connectivity index is 1.82. The van der Waals surface area contributed by atoms with Gasteiger partial charge in [0.2, 0.25) is 0 Å². The highest BCUT2D eigenvalue weighted by atomic mass is 16.5. The summed E-state index contributed by atoms with van der Waals surface area (Å²) in [4.78, 5) is 24.2. The maximum absolute atomic E-state index is 12.1. The molecule has 106 valence electrons. The van der Waals surface area contributed by atoms with E-state index in [0.29, 0.717) is 23.0 Å². The summed E-state index contributed by atoms with van der Waals surface area (Å²) in [5, 5.41) is 0. The summed E-state index contributed by atoms with van der Waals surface area (Å²) in [5.74, 6) is 0.811. The monoisotopic (exact) mass is 274 g/mol. The number of esters is 2. The first-order valence-corrected chi connectivity index (χ1v) is 7.31. The summed E-state index contributed by atoms with van der Waals surface area (Å²) in [6.45, 7) is 0. The number of carbonyl (C=O) groups excluding carboxylic acids is 2. The zero-order valence-electron chi connectivity index (χ0n) is 11.8. The van der Waals surface area contributed by atoms with Gasteiger partial charge in [0.05, 0.1) is 25.4 Å². The van der Waals surface area contributed by atoms with Crippen molar-refractivity contribution in [2.75, 3.05) is 14.2 Å². The highest BCUT2D eigenvalue weighted by molar-refractivity contribution is 6.04. The highest BCUT2D eigenvalue weighted by Crippen LogP contribution is 2.65. The Hall–Kier alpha value is -1.58. The molecule has 20 heavy (non-hydrogen) atoms. The van der Waals surface area contributed by atoms with Crippen LogP contribution in [0.2, 0.25) is 0 Å². The van der Waals surface area contributed by atoms with Gasteiger partial charge in [0.1, 0.15) is 0 Å². The van der Waals surface area contributed by atoms with E-state index in [2.05, 4.69) is 0 Å². The first kappa shape index (κ1) is 12.2. The van der Waals surface area contributed by atoms with Crippen LogP contribution in [0.5, 0.6) is 0 Å². The fourth-order valence-electron chi connectivity index (χ4n) is 5.13. The molecule has 0 heterocycles. The molecule has 0 N–H and O–H groups in total. The second-order valence-electron chi connectivity index (χ2n) is 6.27. The van der Waals surface area contributed by atoms with E-state index in [1.807, 2.05) is 0 Å². The fraction of sp³-hybridized carbons (Fsp3) is 0.625. The molecular weight excluding hydrogens is 256 g/mol. The molecule has 4 aliphatic carbocycles. The molecule has 1 saturated carbocycles. The van der Waals surface area contributed by atoms with Crippen LogP contribution in [-0.2, 0) is 19.1 Å². The van der Waals surface area contributed by atoms with Gasteiger partial charge in [0, 0.05) is 11.8 Å². The Morgan fingerprint density at radius 2 is 1.30 bits per heavy atom. The molecule has 0 saturated heterocycles. The average molecular weight is 274 g/mol. The van der Waals surface area contributed by atoms with Crippen LogP contribution in [0, 0.1) is 23.7 Å². The van der Waals surface area contributed by atoms with E-state index < -0.39 is 0 Å². The van der Waals surface area contributed by atoms with E-state index in [1.54, 1.807) is 0 Å². The Morgan fingerprint density at radius 3 is 1.70 bits per heavy atom. The third kappa shape index (κ3) is 1.27. The van der Waals surface area contributed by atoms with Crippen LogP contribution in [0.3, 0.4) is 0 Å². The molecule has 1 fully saturated rings. The van der Waals surface area contributed by atoms with Gasteiger partial charge in [0.15, 0.2) is 0 Å². The van der Waals surface area contributed by atoms with Crippen LogP contribution in [0.4, 0.5) is 0 Å². The molecule has 4 heteroatoms. The molecule has 0 radical (unpaired) electrons. The summed E-state index contributed by atoms with van der Waals surface area (Å²) < 4.78 is 9.83. The summed E-state index contributed by atoms with van der Waals surface area (Å²) in [6.07, 6.45) is 4.59. The van der Waals surface area contributed by atoms with Gasteiger partial charge < -0.3 is 9.47 Å². The molecule has 4 nitrogen and oxygen atoms in total. The smallest absolute Gasteiger partial charge is 0.334 e. The lowest BCUT2D eigenvalue weighted by Crippen LogP contribution is -2.24. The van der Waals surface area contributed by atoms with Gasteiger partial charge in [0.25, 0.3) is 0 Å². The predicted octanol–water partition coefficient (Wildman–Crippen LogP) is 2.01. The molecule has 0 aromatic carbocycles. The van der Waals surface area contributed by atoms with Gasteiger partial charge in [-0.1, -0.05) is 11.1 Å². The van der Waals surface area contributed by atoms with Gasteiger partial charge in [-0.05, 0) is 37.5 Å². The Bertz CT molecular complexity index is 535. The molecule has 0 aliphatic heterocycles. The number of allylic oxidation sites excluding steroid dienone is 2. The molecule has 4 rings (SSSR count). The van der Waals surface area contributed by atoms with Crippen molar-refractivity contribution < 1.29 is 19.1 Å². The molecule has 0 aromatic rings. The van der Waals surface area contributed by atoms with Crippen LogP contribution in [0.15, 0.2) is 22.3 Å². The minimum Gasteiger partial charge on any atom is -0.466 e. The van der Waals surface area contributed by atoms with Gasteiger partial charge in [-0.25, -0.2) is 9.59 Å². The van der Waals surface area contributed by atoms with E-state index in [9.17, 15) is 9.59 Å². The van der Waals surface area contributed by atoms with Gasteiger partial charge in [-0.15, -0.1) is 0 Å². The van der Waals surface area contributed by atoms with Crippen LogP contribution in [0.25, 0.3) is 0 Å². The van der Waals surface area contributed by atoms with E-state index in [0.717, 1.165) is 6.42 Å². The Morgan fingerprint density at radius 1 is 0.850 bits per heavy atom. The molecule has 4 bridgehead atoms. The summed E-state index contributed by atoms with van der Waals surface area (Å²) in [6, 6.07) is 0. The SMILES string of the molecule is COC(=O)C1=C(C(=O)OC)[C@@H]2C[C@H]1C1=C2[C@H]2CC[C@@H]1C2. The lowest BCUT2D eigenvalue weighted by molar-refractivity contribution is -0.139. The first-order valence-electron chi connectivity index (χ1n) is 7.31. The quantitative estimate of drug-likeness (QED) is 0.439. The van der Waals surface area contributed by atoms with Crippen molar-refractivity contribution >= 4 is 11.9 Å². The molecule has 0 amide bonds. The van der Waals surface area contributed by atoms with Crippen molar-refractivity contribution in [1.82, 2.24) is 0 Å². The van der Waals surface area contributed by atoms with Crippen molar-refractivity contribution in [2.45, 2.75) is 25.7 Å². The minimum absolute atomic E-state index is 0.117. The van der Waals surface area contributed by atoms with E-state index in [-0.39, 0.29) is 23.8 Å². The predicted molar refractivity (Wildman–Crippen MR) is 70.5 cm³/mol. The van der Waals surface area contributed by atoms with Crippen molar-refractivity contribution in [3.05, 3.63) is 22.3 Å². The van der Waals surface area contributed by atoms with Crippen LogP contribution in [0.1, 0.15) is 25.7 Å². The first-order chi connectivity index (χ1) is 9.67. The summed E-state index contributed by atoms with van der Waals surface area (Å²) >= 11 is 0. The second-order valence-corrected chi connectivity index (χ2v) is 6.27. The van der Waals surface area contributed by atoms with Gasteiger partial charge in [-0.3, -0.25) is 0 Å². The molecule has 0 aromatic heterocycles. The van der Waals surface area contributed by atoms with Crippen LogP contribution >= 0.6 is 0 Å². The van der Waals surface area contributed by atoms with Crippen LogP contribution < -0.4 is 0 Å². The molecule has 0 unspecified atom stereocenters. The maximum Gasteiger partial charge on any atom is 0.334 e. The fourth-order valence-corrected chi connectivity index (χ4v) is 5.13. The summed E-state index contributed by atoms with van der Waals surface area (Å²) in [7, 11) is 2.76. The number of carbonyl (C=O) groups is 2. The number of hydrogen-bond acceptors (Lipinski definition) is 4. The zero-order chi connectivity index (χ0) is 14.0. The molecule has 4 aliphatic rings. The molecular formula is C16H18O4. The number of hydrogen-bond donors (Lipinski definition) is 0. The topological polar surface area (TPSA) is 52.6 Å². The third-order valence-electron chi connectivity index (χ3n) is 5.67. The zero-order valence-corrected chi connectivity index (χ0v) is 11.8. The Labute approximate surface area is 117 Å². The normalized spacial score (nSPS) is 36.7. The van der Waals surface area contributed by atoms with E-state index >= 15 is 0 Å². The maximum atomic E-state index is 12.1. The third-order valence-corrected chi connectivity index (χ3v) is 5.67. The molecule has 0 spiro atoms. The number of methoxy groups -OCH3 is 2. The lowest BCUT2D eigenvalue weighted by atomic mass is 9.79. The number of rotatable bonds is 2. The average Bonchev–Trinajstić information content (AvgIpc) is 3.20. The van der Waals surface area contributed by atoms with Gasteiger partial charge in [-0.2, -0.15) is 0 Å². The summed E-state index contributed by atoms with van der Waals surface area (Å²) in [5.41, 5.74) is 4.10. The standard InChI is InChI=1S/C16H18O4/c1-19-15(17)13-9-6-10(14(13)16(18)20-2)12-8-4-3-7(5-8)11(9)12/h7-10H,3-6H2,1-2H3/t7-,8+,9+,10-. The van der Waals surface area contributed by atoms with Crippen molar-refractivity contribution in [3.63, 3.8) is 0 Å². The largest absolute Gasteiger partial charge is 0.466 e. The van der Waals surface area contributed by atoms with Crippen molar-refractivity contribution in [2.24, 2.45) is 23.7 Å². The van der Waals surface area contributed by atoms with E-state index in [1.165, 1.54) is 44.6 Å².